The summed E-state index contributed by atoms with van der Waals surface area (Å²) in [5, 5.41) is 3.16. The number of nitrogens with zero attached hydrogens (tertiary/aromatic N) is 3. The van der Waals surface area contributed by atoms with E-state index in [0.29, 0.717) is 17.5 Å². The molecule has 1 aliphatic rings. The summed E-state index contributed by atoms with van der Waals surface area (Å²) >= 11 is 0. The molecule has 0 fully saturated rings. The fourth-order valence-corrected chi connectivity index (χ4v) is 8.20. The maximum absolute atomic E-state index is 6.59. The molecule has 56 heavy (non-hydrogen) atoms. The number of benzene rings is 7. The van der Waals surface area contributed by atoms with Gasteiger partial charge in [0.1, 0.15) is 22.5 Å². The van der Waals surface area contributed by atoms with Crippen LogP contribution >= 0.6 is 0 Å². The van der Waals surface area contributed by atoms with Gasteiger partial charge in [-0.25, -0.2) is 15.0 Å². The first-order valence-corrected chi connectivity index (χ1v) is 19.0. The first kappa shape index (κ1) is 32.1. The van der Waals surface area contributed by atoms with Crippen LogP contribution in [0.15, 0.2) is 179 Å². The van der Waals surface area contributed by atoms with Crippen molar-refractivity contribution in [3.05, 3.63) is 181 Å². The summed E-state index contributed by atoms with van der Waals surface area (Å²) in [5.74, 6) is 2.52. The number of aryl methyl sites for hydroxylation is 1. The number of fused-ring (bicyclic) bond motifs is 6. The van der Waals surface area contributed by atoms with E-state index < -0.39 is 0 Å². The smallest absolute Gasteiger partial charge is 0.167 e. The lowest BCUT2D eigenvalue weighted by atomic mass is 9.89. The van der Waals surface area contributed by atoms with Crippen LogP contribution in [0.5, 0.6) is 0 Å². The van der Waals surface area contributed by atoms with Crippen LogP contribution in [0.4, 0.5) is 0 Å². The molecule has 0 aliphatic heterocycles. The molecule has 0 saturated carbocycles. The van der Waals surface area contributed by atoms with E-state index in [9.17, 15) is 0 Å². The van der Waals surface area contributed by atoms with Crippen molar-refractivity contribution >= 4 is 39.0 Å². The van der Waals surface area contributed by atoms with Crippen LogP contribution in [0.2, 0.25) is 0 Å². The highest BCUT2D eigenvalue weighted by Crippen LogP contribution is 2.42. The van der Waals surface area contributed by atoms with Crippen molar-refractivity contribution in [2.75, 3.05) is 0 Å². The van der Waals surface area contributed by atoms with Gasteiger partial charge >= 0.3 is 0 Å². The lowest BCUT2D eigenvalue weighted by Gasteiger charge is -2.17. The third kappa shape index (κ3) is 5.36. The minimum absolute atomic E-state index is 0.525. The number of hydrogen-bond donors (Lipinski definition) is 0. The van der Waals surface area contributed by atoms with Gasteiger partial charge in [-0.3, -0.25) is 0 Å². The lowest BCUT2D eigenvalue weighted by Crippen LogP contribution is -2.02. The largest absolute Gasteiger partial charge is 0.456 e. The van der Waals surface area contributed by atoms with E-state index in [4.69, 9.17) is 23.8 Å². The maximum atomic E-state index is 6.59. The Labute approximate surface area is 323 Å². The zero-order chi connectivity index (χ0) is 37.0. The summed E-state index contributed by atoms with van der Waals surface area (Å²) in [5.41, 5.74) is 12.7. The van der Waals surface area contributed by atoms with Gasteiger partial charge in [0.2, 0.25) is 0 Å². The molecule has 0 N–H and O–H groups in total. The topological polar surface area (TPSA) is 65.0 Å². The molecule has 0 radical (unpaired) electrons. The number of hydrogen-bond acceptors (Lipinski definition) is 5. The number of para-hydroxylation sites is 3. The lowest BCUT2D eigenvalue weighted by molar-refractivity contribution is 0.596. The molecular formula is C51H33N3O2. The van der Waals surface area contributed by atoms with Crippen LogP contribution < -0.4 is 0 Å². The zero-order valence-electron chi connectivity index (χ0n) is 30.3. The highest BCUT2D eigenvalue weighted by Gasteiger charge is 2.24. The van der Waals surface area contributed by atoms with Gasteiger partial charge in [0, 0.05) is 27.3 Å². The van der Waals surface area contributed by atoms with E-state index in [1.54, 1.807) is 0 Å². The molecule has 0 amide bonds. The van der Waals surface area contributed by atoms with Gasteiger partial charge in [-0.15, -0.1) is 0 Å². The van der Waals surface area contributed by atoms with Gasteiger partial charge < -0.3 is 8.83 Å². The molecule has 264 valence electrons. The summed E-state index contributed by atoms with van der Waals surface area (Å²) in [7, 11) is 0. The number of allylic oxidation sites excluding steroid dienone is 1. The van der Waals surface area contributed by atoms with Crippen molar-refractivity contribution in [2.24, 2.45) is 0 Å². The number of rotatable bonds is 6. The minimum atomic E-state index is 0.525. The van der Waals surface area contributed by atoms with Gasteiger partial charge in [0.25, 0.3) is 0 Å². The summed E-state index contributed by atoms with van der Waals surface area (Å²) in [6.45, 7) is 0. The van der Waals surface area contributed by atoms with Gasteiger partial charge in [0.05, 0.1) is 11.1 Å². The minimum Gasteiger partial charge on any atom is -0.456 e. The van der Waals surface area contributed by atoms with Crippen LogP contribution in [0.1, 0.15) is 17.7 Å². The third-order valence-corrected chi connectivity index (χ3v) is 10.9. The molecule has 5 heteroatoms. The first-order chi connectivity index (χ1) is 27.8. The summed E-state index contributed by atoms with van der Waals surface area (Å²) < 4.78 is 13.1. The molecule has 11 rings (SSSR count). The van der Waals surface area contributed by atoms with Crippen molar-refractivity contribution in [1.82, 2.24) is 15.0 Å². The van der Waals surface area contributed by atoms with E-state index in [1.807, 2.05) is 36.4 Å². The van der Waals surface area contributed by atoms with Crippen molar-refractivity contribution in [2.45, 2.75) is 12.8 Å². The Balaban J connectivity index is 1.20. The predicted octanol–water partition coefficient (Wildman–Crippen LogP) is 13.5. The molecular weight excluding hydrogens is 687 g/mol. The first-order valence-electron chi connectivity index (χ1n) is 19.0. The predicted molar refractivity (Wildman–Crippen MR) is 227 cm³/mol. The van der Waals surface area contributed by atoms with Crippen LogP contribution in [0.25, 0.3) is 107 Å². The second kappa shape index (κ2) is 13.2. The van der Waals surface area contributed by atoms with Crippen molar-refractivity contribution in [1.29, 1.82) is 0 Å². The molecule has 3 aromatic heterocycles. The van der Waals surface area contributed by atoms with E-state index in [0.717, 1.165) is 102 Å². The van der Waals surface area contributed by atoms with Crippen molar-refractivity contribution < 1.29 is 8.83 Å². The Morgan fingerprint density at radius 1 is 0.393 bits per heavy atom. The van der Waals surface area contributed by atoms with Crippen molar-refractivity contribution in [3.63, 3.8) is 0 Å². The summed E-state index contributed by atoms with van der Waals surface area (Å²) in [6.07, 6.45) is 6.17. The van der Waals surface area contributed by atoms with Gasteiger partial charge in [-0.05, 0) is 82.6 Å². The van der Waals surface area contributed by atoms with Gasteiger partial charge in [0.15, 0.2) is 17.5 Å². The Bertz CT molecular complexity index is 3140. The SMILES string of the molecule is C1=Cc2oc3c(-c4nc(-c5ccc(-c6ccccc6)cc5-c5ccccc5-c5ccccc5)nc(-c5cccc6c5oc5ccccc56)n4)cccc3c2CC1. The van der Waals surface area contributed by atoms with Crippen molar-refractivity contribution in [3.8, 4) is 67.5 Å². The van der Waals surface area contributed by atoms with Gasteiger partial charge in [-0.1, -0.05) is 140 Å². The Kier molecular flexibility index (Phi) is 7.56. The molecule has 0 atom stereocenters. The van der Waals surface area contributed by atoms with E-state index >= 15 is 0 Å². The highest BCUT2D eigenvalue weighted by molar-refractivity contribution is 6.09. The van der Waals surface area contributed by atoms with Crippen LogP contribution in [-0.2, 0) is 6.42 Å². The summed E-state index contributed by atoms with van der Waals surface area (Å²) in [4.78, 5) is 15.9. The van der Waals surface area contributed by atoms with Crippen LogP contribution in [0, 0.1) is 0 Å². The van der Waals surface area contributed by atoms with E-state index in [-0.39, 0.29) is 0 Å². The number of aromatic nitrogens is 3. The molecule has 7 aromatic carbocycles. The zero-order valence-corrected chi connectivity index (χ0v) is 30.3. The normalized spacial score (nSPS) is 12.4. The standard InChI is InChI=1S/C51H33N3O2/c1-3-15-32(16-4-1)34-29-30-41(44(31-34)36-20-8-7-19-35(36)33-17-5-2-6-18-33)49-52-50(42-25-13-23-39-37-21-9-11-27-45(37)55-47(39)42)54-51(53-49)43-26-14-24-40-38-22-10-12-28-46(38)56-48(40)43/h1-9,11-21,23-31H,10,22H2. The van der Waals surface area contributed by atoms with Crippen LogP contribution in [-0.4, -0.2) is 15.0 Å². The Hall–Kier alpha value is -7.37. The molecule has 10 aromatic rings. The maximum Gasteiger partial charge on any atom is 0.167 e. The number of furan rings is 2. The second-order valence-electron chi connectivity index (χ2n) is 14.2. The van der Waals surface area contributed by atoms with E-state index in [1.165, 1.54) is 5.56 Å². The molecule has 0 saturated heterocycles. The quantitative estimate of drug-likeness (QED) is 0.171. The molecule has 1 aliphatic carbocycles. The summed E-state index contributed by atoms with van der Waals surface area (Å²) in [6, 6.07) is 56.7. The fourth-order valence-electron chi connectivity index (χ4n) is 8.20. The van der Waals surface area contributed by atoms with Crippen LogP contribution in [0.3, 0.4) is 0 Å². The molecule has 0 unspecified atom stereocenters. The monoisotopic (exact) mass is 719 g/mol. The fraction of sp³-hybridized carbons (Fsp3) is 0.0392. The molecule has 3 heterocycles. The molecule has 5 nitrogen and oxygen atoms in total. The average Bonchev–Trinajstić information content (AvgIpc) is 3.85. The average molecular weight is 720 g/mol. The molecule has 0 bridgehead atoms. The molecule has 0 spiro atoms. The Morgan fingerprint density at radius 2 is 0.982 bits per heavy atom. The Morgan fingerprint density at radius 3 is 1.75 bits per heavy atom. The second-order valence-corrected chi connectivity index (χ2v) is 14.2. The van der Waals surface area contributed by atoms with E-state index in [2.05, 4.69) is 140 Å². The highest BCUT2D eigenvalue weighted by atomic mass is 16.3. The third-order valence-electron chi connectivity index (χ3n) is 10.9. The van der Waals surface area contributed by atoms with Gasteiger partial charge in [-0.2, -0.15) is 0 Å².